The van der Waals surface area contributed by atoms with Crippen molar-refractivity contribution in [1.82, 2.24) is 0 Å². The van der Waals surface area contributed by atoms with Crippen LogP contribution in [0.5, 0.6) is 0 Å². The van der Waals surface area contributed by atoms with Crippen LogP contribution in [-0.2, 0) is 4.79 Å². The Morgan fingerprint density at radius 3 is 2.55 bits per heavy atom. The molecule has 0 radical (unpaired) electrons. The van der Waals surface area contributed by atoms with Gasteiger partial charge in [-0.05, 0) is 68.1 Å². The summed E-state index contributed by atoms with van der Waals surface area (Å²) in [6.45, 7) is 4.48. The molecular weight excluding hydrogens is 276 g/mol. The Labute approximate surface area is 133 Å². The highest BCUT2D eigenvalue weighted by Gasteiger charge is 2.63. The summed E-state index contributed by atoms with van der Waals surface area (Å²) >= 11 is 0. The van der Waals surface area contributed by atoms with Crippen molar-refractivity contribution >= 4 is 5.78 Å². The average Bonchev–Trinajstić information content (AvgIpc) is 2.75. The summed E-state index contributed by atoms with van der Waals surface area (Å²) in [6.07, 6.45) is 7.11. The minimum atomic E-state index is -0.291. The van der Waals surface area contributed by atoms with Crippen LogP contribution in [0.3, 0.4) is 0 Å². The lowest BCUT2D eigenvalue weighted by Gasteiger charge is -2.59. The van der Waals surface area contributed by atoms with Gasteiger partial charge in [0.2, 0.25) is 0 Å². The van der Waals surface area contributed by atoms with E-state index < -0.39 is 0 Å². The van der Waals surface area contributed by atoms with Gasteiger partial charge in [-0.15, -0.1) is 0 Å². The Kier molecular flexibility index (Phi) is 3.30. The van der Waals surface area contributed by atoms with Gasteiger partial charge in [-0.1, -0.05) is 13.8 Å². The molecule has 4 rings (SSSR count). The van der Waals surface area contributed by atoms with Crippen LogP contribution >= 0.6 is 0 Å². The van der Waals surface area contributed by atoms with Gasteiger partial charge in [-0.3, -0.25) is 4.79 Å². The van der Waals surface area contributed by atoms with E-state index in [1.54, 1.807) is 0 Å². The minimum absolute atomic E-state index is 0.0914. The topological polar surface area (TPSA) is 57.5 Å². The lowest BCUT2D eigenvalue weighted by atomic mass is 9.45. The predicted octanol–water partition coefficient (Wildman–Crippen LogP) is 2.93. The average molecular weight is 306 g/mol. The fraction of sp³-hybridized carbons (Fsp3) is 0.947. The minimum Gasteiger partial charge on any atom is -0.393 e. The van der Waals surface area contributed by atoms with Crippen molar-refractivity contribution in [2.75, 3.05) is 0 Å². The third-order valence-corrected chi connectivity index (χ3v) is 8.27. The first-order chi connectivity index (χ1) is 10.4. The molecule has 2 N–H and O–H groups in total. The molecule has 0 aromatic rings. The van der Waals surface area contributed by atoms with Gasteiger partial charge in [-0.25, -0.2) is 0 Å². The van der Waals surface area contributed by atoms with E-state index in [4.69, 9.17) is 0 Å². The number of ketones is 1. The summed E-state index contributed by atoms with van der Waals surface area (Å²) in [5.74, 6) is 2.10. The Bertz CT molecular complexity index is 489. The fourth-order valence-corrected chi connectivity index (χ4v) is 7.03. The van der Waals surface area contributed by atoms with Crippen molar-refractivity contribution in [3.05, 3.63) is 0 Å². The largest absolute Gasteiger partial charge is 0.393 e. The molecule has 4 aliphatic rings. The Balaban J connectivity index is 1.69. The molecule has 124 valence electrons. The highest BCUT2D eigenvalue weighted by atomic mass is 16.3. The molecular formula is C19H30O3. The maximum absolute atomic E-state index is 13.1. The second kappa shape index (κ2) is 4.80. The van der Waals surface area contributed by atoms with Crippen molar-refractivity contribution in [3.8, 4) is 0 Å². The zero-order chi connectivity index (χ0) is 15.7. The first-order valence-electron chi connectivity index (χ1n) is 9.25. The van der Waals surface area contributed by atoms with E-state index in [9.17, 15) is 15.0 Å². The molecule has 3 nitrogen and oxygen atoms in total. The van der Waals surface area contributed by atoms with Crippen molar-refractivity contribution in [2.45, 2.75) is 77.4 Å². The van der Waals surface area contributed by atoms with Gasteiger partial charge in [0, 0.05) is 17.8 Å². The summed E-state index contributed by atoms with van der Waals surface area (Å²) < 4.78 is 0. The second-order valence-corrected chi connectivity index (χ2v) is 9.20. The fourth-order valence-electron chi connectivity index (χ4n) is 7.03. The van der Waals surface area contributed by atoms with Gasteiger partial charge in [0.1, 0.15) is 5.78 Å². The first-order valence-corrected chi connectivity index (χ1v) is 9.25. The third-order valence-electron chi connectivity index (χ3n) is 8.27. The molecule has 8 atom stereocenters. The van der Waals surface area contributed by atoms with Crippen molar-refractivity contribution in [2.24, 2.45) is 34.5 Å². The smallest absolute Gasteiger partial charge is 0.137 e. The van der Waals surface area contributed by atoms with Gasteiger partial charge in [0.25, 0.3) is 0 Å². The van der Waals surface area contributed by atoms with Crippen LogP contribution in [0.4, 0.5) is 0 Å². The molecule has 0 aromatic carbocycles. The first kappa shape index (κ1) is 15.1. The predicted molar refractivity (Wildman–Crippen MR) is 84.1 cm³/mol. The summed E-state index contributed by atoms with van der Waals surface area (Å²) in [5, 5.41) is 20.5. The van der Waals surface area contributed by atoms with Crippen LogP contribution in [0.1, 0.15) is 65.2 Å². The van der Waals surface area contributed by atoms with E-state index in [0.29, 0.717) is 30.0 Å². The summed E-state index contributed by atoms with van der Waals surface area (Å²) in [6, 6.07) is 0. The highest BCUT2D eigenvalue weighted by molar-refractivity contribution is 5.84. The molecule has 3 heteroatoms. The molecule has 22 heavy (non-hydrogen) atoms. The van der Waals surface area contributed by atoms with Crippen LogP contribution < -0.4 is 0 Å². The van der Waals surface area contributed by atoms with E-state index in [1.807, 2.05) is 0 Å². The highest BCUT2D eigenvalue weighted by Crippen LogP contribution is 2.65. The second-order valence-electron chi connectivity index (χ2n) is 9.20. The molecule has 0 unspecified atom stereocenters. The maximum atomic E-state index is 13.1. The molecule has 0 amide bonds. The zero-order valence-corrected chi connectivity index (χ0v) is 13.9. The van der Waals surface area contributed by atoms with E-state index in [0.717, 1.165) is 44.9 Å². The summed E-state index contributed by atoms with van der Waals surface area (Å²) in [5.41, 5.74) is -0.0796. The number of carbonyl (C=O) groups excluding carboxylic acids is 1. The van der Waals surface area contributed by atoms with Gasteiger partial charge in [0.15, 0.2) is 0 Å². The van der Waals surface area contributed by atoms with Crippen LogP contribution in [0.25, 0.3) is 0 Å². The molecule has 0 aromatic heterocycles. The third kappa shape index (κ3) is 1.84. The number of Topliss-reactive ketones (excluding diaryl/α,β-unsaturated/α-hetero) is 1. The molecule has 4 aliphatic carbocycles. The van der Waals surface area contributed by atoms with Crippen molar-refractivity contribution in [3.63, 3.8) is 0 Å². The van der Waals surface area contributed by atoms with Crippen LogP contribution in [-0.4, -0.2) is 28.2 Å². The van der Waals surface area contributed by atoms with Gasteiger partial charge in [0.05, 0.1) is 12.2 Å². The van der Waals surface area contributed by atoms with E-state index in [1.165, 1.54) is 0 Å². The Morgan fingerprint density at radius 1 is 1.00 bits per heavy atom. The quantitative estimate of drug-likeness (QED) is 0.723. The number of hydrogen-bond acceptors (Lipinski definition) is 3. The monoisotopic (exact) mass is 306 g/mol. The van der Waals surface area contributed by atoms with Gasteiger partial charge < -0.3 is 10.2 Å². The van der Waals surface area contributed by atoms with E-state index >= 15 is 0 Å². The van der Waals surface area contributed by atoms with Gasteiger partial charge >= 0.3 is 0 Å². The van der Waals surface area contributed by atoms with Crippen molar-refractivity contribution < 1.29 is 15.0 Å². The van der Waals surface area contributed by atoms with Crippen molar-refractivity contribution in [1.29, 1.82) is 0 Å². The molecule has 0 heterocycles. The molecule has 4 saturated carbocycles. The number of rotatable bonds is 0. The zero-order valence-electron chi connectivity index (χ0n) is 13.9. The lowest BCUT2D eigenvalue weighted by molar-refractivity contribution is -0.164. The Hall–Kier alpha value is -0.410. The lowest BCUT2D eigenvalue weighted by Crippen LogP contribution is -2.58. The normalized spacial score (nSPS) is 57.9. The molecule has 0 aliphatic heterocycles. The van der Waals surface area contributed by atoms with Crippen LogP contribution in [0, 0.1) is 34.5 Å². The molecule has 4 fully saturated rings. The Morgan fingerprint density at radius 2 is 1.77 bits per heavy atom. The van der Waals surface area contributed by atoms with E-state index in [2.05, 4.69) is 13.8 Å². The maximum Gasteiger partial charge on any atom is 0.137 e. The summed E-state index contributed by atoms with van der Waals surface area (Å²) in [7, 11) is 0. The number of hydrogen-bond donors (Lipinski definition) is 2. The SMILES string of the molecule is C[C@]12CC[C@@H](O)C[C@H]1CC[C@@H]1[C@H]3CC[C@@H](O)[C@@]3(C)CC(=O)[C@H]12. The van der Waals surface area contributed by atoms with Gasteiger partial charge in [-0.2, -0.15) is 0 Å². The number of carbonyl (C=O) groups is 1. The molecule has 0 saturated heterocycles. The molecule has 0 bridgehead atoms. The van der Waals surface area contributed by atoms with E-state index in [-0.39, 0.29) is 29.0 Å². The number of aliphatic hydroxyl groups excluding tert-OH is 2. The summed E-state index contributed by atoms with van der Waals surface area (Å²) in [4.78, 5) is 13.1. The molecule has 0 spiro atoms. The van der Waals surface area contributed by atoms with Crippen LogP contribution in [0.15, 0.2) is 0 Å². The van der Waals surface area contributed by atoms with Crippen LogP contribution in [0.2, 0.25) is 0 Å². The number of aliphatic hydroxyl groups is 2. The standard InChI is InChI=1S/C19H30O3/c1-18-8-7-12(20)9-11(18)3-4-13-14-5-6-16(22)19(14,2)10-15(21)17(13)18/h11-14,16-17,20,22H,3-10H2,1-2H3/t11-,12-,13-,14-,16-,17+,18+,19+/m1/s1. The number of fused-ring (bicyclic) bond motifs is 5.